The summed E-state index contributed by atoms with van der Waals surface area (Å²) in [5, 5.41) is 7.83. The Morgan fingerprint density at radius 2 is 2.00 bits per heavy atom. The molecular formula is C10H16N2O4S. The number of hydrogen-bond acceptors (Lipinski definition) is 5. The van der Waals surface area contributed by atoms with Crippen LogP contribution in [0.15, 0.2) is 18.2 Å². The lowest BCUT2D eigenvalue weighted by Gasteiger charge is -2.12. The highest BCUT2D eigenvalue weighted by Crippen LogP contribution is 2.28. The van der Waals surface area contributed by atoms with E-state index in [1.807, 2.05) is 0 Å². The van der Waals surface area contributed by atoms with Crippen LogP contribution in [0.3, 0.4) is 0 Å². The van der Waals surface area contributed by atoms with Gasteiger partial charge in [0.05, 0.1) is 25.7 Å². The molecule has 6 nitrogen and oxygen atoms in total. The van der Waals surface area contributed by atoms with Crippen molar-refractivity contribution in [2.45, 2.75) is 0 Å². The molecule has 1 rings (SSSR count). The molecule has 0 unspecified atom stereocenters. The Bertz CT molecular complexity index is 473. The molecule has 1 aromatic rings. The summed E-state index contributed by atoms with van der Waals surface area (Å²) < 4.78 is 31.8. The van der Waals surface area contributed by atoms with Crippen LogP contribution in [-0.4, -0.2) is 34.9 Å². The Morgan fingerprint density at radius 3 is 2.53 bits per heavy atom. The number of benzene rings is 1. The largest absolute Gasteiger partial charge is 0.497 e. The van der Waals surface area contributed by atoms with Crippen LogP contribution in [0.2, 0.25) is 0 Å². The van der Waals surface area contributed by atoms with Crippen molar-refractivity contribution in [3.05, 3.63) is 18.2 Å². The van der Waals surface area contributed by atoms with Crippen LogP contribution in [0.5, 0.6) is 11.5 Å². The normalized spacial score (nSPS) is 11.0. The molecular weight excluding hydrogens is 244 g/mol. The van der Waals surface area contributed by atoms with Gasteiger partial charge in [-0.05, 0) is 12.1 Å². The third-order valence-electron chi connectivity index (χ3n) is 2.11. The van der Waals surface area contributed by atoms with E-state index in [-0.39, 0.29) is 12.3 Å². The van der Waals surface area contributed by atoms with Gasteiger partial charge < -0.3 is 14.8 Å². The molecule has 0 aromatic heterocycles. The standard InChI is InChI=1S/C10H16N2O4S/c1-15-8-3-4-10(16-2)9(7-8)12-5-6-17(11,13)14/h3-4,7,12H,5-6H2,1-2H3,(H2,11,13,14). The topological polar surface area (TPSA) is 90.7 Å². The molecule has 0 radical (unpaired) electrons. The third kappa shape index (κ3) is 4.49. The number of anilines is 1. The molecule has 0 saturated heterocycles. The van der Waals surface area contributed by atoms with E-state index in [0.717, 1.165) is 0 Å². The summed E-state index contributed by atoms with van der Waals surface area (Å²) in [6.45, 7) is 0.211. The second-order valence-corrected chi connectivity index (χ2v) is 5.09. The second-order valence-electron chi connectivity index (χ2n) is 3.36. The Kier molecular flexibility index (Phi) is 4.59. The van der Waals surface area contributed by atoms with E-state index in [1.54, 1.807) is 25.3 Å². The lowest BCUT2D eigenvalue weighted by molar-refractivity contribution is 0.404. The highest BCUT2D eigenvalue weighted by Gasteiger charge is 2.06. The summed E-state index contributed by atoms with van der Waals surface area (Å²) >= 11 is 0. The van der Waals surface area contributed by atoms with Crippen molar-refractivity contribution >= 4 is 15.7 Å². The average Bonchev–Trinajstić information content (AvgIpc) is 2.27. The van der Waals surface area contributed by atoms with Crippen molar-refractivity contribution in [2.24, 2.45) is 5.14 Å². The molecule has 0 amide bonds. The highest BCUT2D eigenvalue weighted by atomic mass is 32.2. The Hall–Kier alpha value is -1.47. The number of sulfonamides is 1. The Balaban J connectivity index is 2.74. The molecule has 3 N–H and O–H groups in total. The van der Waals surface area contributed by atoms with Crippen LogP contribution < -0.4 is 19.9 Å². The average molecular weight is 260 g/mol. The minimum Gasteiger partial charge on any atom is -0.497 e. The molecule has 1 aromatic carbocycles. The molecule has 17 heavy (non-hydrogen) atoms. The molecule has 0 bridgehead atoms. The van der Waals surface area contributed by atoms with Gasteiger partial charge in [0.25, 0.3) is 0 Å². The fraction of sp³-hybridized carbons (Fsp3) is 0.400. The van der Waals surface area contributed by atoms with Gasteiger partial charge in [-0.15, -0.1) is 0 Å². The maximum atomic E-state index is 10.8. The van der Waals surface area contributed by atoms with Crippen molar-refractivity contribution in [1.29, 1.82) is 0 Å². The Morgan fingerprint density at radius 1 is 1.29 bits per heavy atom. The first-order chi connectivity index (χ1) is 7.96. The van der Waals surface area contributed by atoms with E-state index >= 15 is 0 Å². The van der Waals surface area contributed by atoms with Gasteiger partial charge in [-0.25, -0.2) is 13.6 Å². The van der Waals surface area contributed by atoms with Crippen LogP contribution in [-0.2, 0) is 10.0 Å². The summed E-state index contributed by atoms with van der Waals surface area (Å²) in [5.74, 6) is 1.12. The molecule has 0 aliphatic heterocycles. The molecule has 7 heteroatoms. The van der Waals surface area contributed by atoms with Crippen LogP contribution in [0.1, 0.15) is 0 Å². The zero-order valence-corrected chi connectivity index (χ0v) is 10.6. The van der Waals surface area contributed by atoms with Crippen molar-refractivity contribution < 1.29 is 17.9 Å². The van der Waals surface area contributed by atoms with Gasteiger partial charge in [-0.2, -0.15) is 0 Å². The molecule has 0 aliphatic rings. The van der Waals surface area contributed by atoms with Crippen LogP contribution in [0.4, 0.5) is 5.69 Å². The second kappa shape index (κ2) is 5.74. The quantitative estimate of drug-likeness (QED) is 0.772. The zero-order chi connectivity index (χ0) is 12.9. The lowest BCUT2D eigenvalue weighted by atomic mass is 10.2. The predicted octanol–water partition coefficient (Wildman–Crippen LogP) is 0.404. The summed E-state index contributed by atoms with van der Waals surface area (Å²) in [5.41, 5.74) is 0.663. The first-order valence-corrected chi connectivity index (χ1v) is 6.64. The van der Waals surface area contributed by atoms with E-state index in [2.05, 4.69) is 5.32 Å². The van der Waals surface area contributed by atoms with Gasteiger partial charge in [0.15, 0.2) is 0 Å². The lowest BCUT2D eigenvalue weighted by Crippen LogP contribution is -2.22. The number of ether oxygens (including phenoxy) is 2. The van der Waals surface area contributed by atoms with Gasteiger partial charge in [0.1, 0.15) is 11.5 Å². The van der Waals surface area contributed by atoms with E-state index < -0.39 is 10.0 Å². The van der Waals surface area contributed by atoms with E-state index in [0.29, 0.717) is 17.2 Å². The van der Waals surface area contributed by atoms with Crippen molar-refractivity contribution in [3.63, 3.8) is 0 Å². The van der Waals surface area contributed by atoms with Gasteiger partial charge in [0, 0.05) is 12.6 Å². The SMILES string of the molecule is COc1ccc(OC)c(NCCS(N)(=O)=O)c1. The van der Waals surface area contributed by atoms with Gasteiger partial charge in [-0.3, -0.25) is 0 Å². The summed E-state index contributed by atoms with van der Waals surface area (Å²) in [4.78, 5) is 0. The molecule has 0 fully saturated rings. The van der Waals surface area contributed by atoms with Crippen LogP contribution >= 0.6 is 0 Å². The Labute approximate surface area is 101 Å². The van der Waals surface area contributed by atoms with E-state index in [1.165, 1.54) is 7.11 Å². The van der Waals surface area contributed by atoms with E-state index in [9.17, 15) is 8.42 Å². The van der Waals surface area contributed by atoms with Gasteiger partial charge >= 0.3 is 0 Å². The summed E-state index contributed by atoms with van der Waals surface area (Å²) in [6.07, 6.45) is 0. The number of rotatable bonds is 6. The fourth-order valence-electron chi connectivity index (χ4n) is 1.28. The fourth-order valence-corrected chi connectivity index (χ4v) is 1.67. The minimum absolute atomic E-state index is 0.145. The molecule has 0 heterocycles. The molecule has 0 aliphatic carbocycles. The van der Waals surface area contributed by atoms with Gasteiger partial charge in [0.2, 0.25) is 10.0 Å². The smallest absolute Gasteiger partial charge is 0.210 e. The number of nitrogens with two attached hydrogens (primary N) is 1. The summed E-state index contributed by atoms with van der Waals surface area (Å²) in [7, 11) is -0.378. The first-order valence-electron chi connectivity index (χ1n) is 4.92. The minimum atomic E-state index is -3.46. The molecule has 0 spiro atoms. The third-order valence-corrected chi connectivity index (χ3v) is 2.88. The number of nitrogens with one attached hydrogen (secondary N) is 1. The molecule has 96 valence electrons. The molecule has 0 saturated carbocycles. The molecule has 0 atom stereocenters. The van der Waals surface area contributed by atoms with E-state index in [4.69, 9.17) is 14.6 Å². The highest BCUT2D eigenvalue weighted by molar-refractivity contribution is 7.89. The van der Waals surface area contributed by atoms with Gasteiger partial charge in [-0.1, -0.05) is 0 Å². The number of hydrogen-bond donors (Lipinski definition) is 2. The summed E-state index contributed by atoms with van der Waals surface area (Å²) in [6, 6.07) is 5.21. The maximum absolute atomic E-state index is 10.8. The van der Waals surface area contributed by atoms with Crippen molar-refractivity contribution in [3.8, 4) is 11.5 Å². The van der Waals surface area contributed by atoms with Crippen LogP contribution in [0, 0.1) is 0 Å². The van der Waals surface area contributed by atoms with Crippen molar-refractivity contribution in [2.75, 3.05) is 31.8 Å². The maximum Gasteiger partial charge on any atom is 0.210 e. The zero-order valence-electron chi connectivity index (χ0n) is 9.76. The van der Waals surface area contributed by atoms with Crippen LogP contribution in [0.25, 0.3) is 0 Å². The first kappa shape index (κ1) is 13.6. The predicted molar refractivity (Wildman–Crippen MR) is 66.0 cm³/mol. The van der Waals surface area contributed by atoms with Crippen molar-refractivity contribution in [1.82, 2.24) is 0 Å². The number of primary sulfonamides is 1. The monoisotopic (exact) mass is 260 g/mol. The number of methoxy groups -OCH3 is 2.